The summed E-state index contributed by atoms with van der Waals surface area (Å²) in [5.41, 5.74) is 5.95. The minimum absolute atomic E-state index is 0.00440. The van der Waals surface area contributed by atoms with Crippen LogP contribution in [0.25, 0.3) is 0 Å². The van der Waals surface area contributed by atoms with E-state index in [-0.39, 0.29) is 5.91 Å². The lowest BCUT2D eigenvalue weighted by molar-refractivity contribution is -0.113. The fourth-order valence-electron chi connectivity index (χ4n) is 3.16. The molecule has 1 N–H and O–H groups in total. The summed E-state index contributed by atoms with van der Waals surface area (Å²) in [6.45, 7) is 8.63. The number of aryl methyl sites for hydroxylation is 2. The van der Waals surface area contributed by atoms with E-state index in [1.807, 2.05) is 0 Å². The number of nitrogens with one attached hydrogen (secondary N) is 1. The van der Waals surface area contributed by atoms with E-state index in [2.05, 4.69) is 85.7 Å². The van der Waals surface area contributed by atoms with Crippen molar-refractivity contribution in [1.29, 1.82) is 0 Å². The van der Waals surface area contributed by atoms with E-state index in [0.717, 1.165) is 33.0 Å². The van der Waals surface area contributed by atoms with Crippen molar-refractivity contribution in [1.82, 2.24) is 10.2 Å². The van der Waals surface area contributed by atoms with Crippen LogP contribution in [-0.2, 0) is 23.4 Å². The number of rotatable bonds is 10. The first-order valence-corrected chi connectivity index (χ1v) is 13.4. The Morgan fingerprint density at radius 2 is 1.58 bits per heavy atom. The van der Waals surface area contributed by atoms with Crippen LogP contribution in [0.1, 0.15) is 55.9 Å². The molecule has 1 heterocycles. The predicted octanol–water partition coefficient (Wildman–Crippen LogP) is 6.81. The lowest BCUT2D eigenvalue weighted by Gasteiger charge is -2.14. The molecule has 31 heavy (non-hydrogen) atoms. The highest BCUT2D eigenvalue weighted by molar-refractivity contribution is 8.03. The molecule has 0 fully saturated rings. The lowest BCUT2D eigenvalue weighted by Crippen LogP contribution is -2.16. The number of aromatic nitrogens is 2. The van der Waals surface area contributed by atoms with E-state index < -0.39 is 0 Å². The second-order valence-electron chi connectivity index (χ2n) is 7.51. The highest BCUT2D eigenvalue weighted by Crippen LogP contribution is 2.31. The Hall–Kier alpha value is -1.83. The van der Waals surface area contributed by atoms with E-state index in [4.69, 9.17) is 0 Å². The molecule has 0 unspecified atom stereocenters. The quantitative estimate of drug-likeness (QED) is 0.329. The molecular weight excluding hydrogens is 442 g/mol. The number of nitrogens with zero attached hydrogens (tertiary/aromatic N) is 2. The van der Waals surface area contributed by atoms with E-state index in [0.29, 0.717) is 11.7 Å². The van der Waals surface area contributed by atoms with Crippen molar-refractivity contribution in [2.45, 2.75) is 60.9 Å². The third-order valence-corrected chi connectivity index (χ3v) is 8.25. The monoisotopic (exact) mass is 471 g/mol. The molecule has 0 aliphatic rings. The molecule has 0 aliphatic carbocycles. The largest absolute Gasteiger partial charge is 0.325 e. The molecule has 7 heteroatoms. The number of para-hydroxylation sites is 1. The molecule has 4 nitrogen and oxygen atoms in total. The Kier molecular flexibility index (Phi) is 8.99. The zero-order valence-corrected chi connectivity index (χ0v) is 20.9. The van der Waals surface area contributed by atoms with E-state index in [9.17, 15) is 4.79 Å². The maximum absolute atomic E-state index is 12.5. The maximum atomic E-state index is 12.5. The van der Waals surface area contributed by atoms with Gasteiger partial charge in [0.25, 0.3) is 0 Å². The first-order chi connectivity index (χ1) is 15.0. The van der Waals surface area contributed by atoms with Gasteiger partial charge in [-0.3, -0.25) is 4.79 Å². The van der Waals surface area contributed by atoms with Crippen molar-refractivity contribution in [2.24, 2.45) is 0 Å². The number of thioether (sulfide) groups is 2. The molecule has 3 aromatic rings. The Bertz CT molecular complexity index is 977. The van der Waals surface area contributed by atoms with Gasteiger partial charge in [0.2, 0.25) is 5.91 Å². The van der Waals surface area contributed by atoms with Gasteiger partial charge in [-0.05, 0) is 41.0 Å². The van der Waals surface area contributed by atoms with Crippen molar-refractivity contribution >= 4 is 46.5 Å². The van der Waals surface area contributed by atoms with Crippen LogP contribution in [0.15, 0.2) is 51.1 Å². The van der Waals surface area contributed by atoms with Crippen molar-refractivity contribution in [2.75, 3.05) is 11.1 Å². The zero-order valence-electron chi connectivity index (χ0n) is 18.5. The van der Waals surface area contributed by atoms with Crippen LogP contribution in [0.5, 0.6) is 0 Å². The van der Waals surface area contributed by atoms with Gasteiger partial charge in [-0.15, -0.1) is 10.2 Å². The molecule has 0 saturated carbocycles. The van der Waals surface area contributed by atoms with Crippen LogP contribution in [0, 0.1) is 0 Å². The third-order valence-electron chi connectivity index (χ3n) is 4.99. The smallest absolute Gasteiger partial charge is 0.234 e. The molecule has 0 saturated heterocycles. The number of benzene rings is 2. The SMILES string of the molecule is CCc1cccc(CC)c1NC(=O)CSc1nnc(SCc2ccc(C(C)C)cc2)s1. The Labute approximate surface area is 197 Å². The minimum Gasteiger partial charge on any atom is -0.325 e. The Morgan fingerprint density at radius 3 is 2.16 bits per heavy atom. The van der Waals surface area contributed by atoms with Crippen molar-refractivity contribution in [3.05, 3.63) is 64.7 Å². The molecule has 2 aromatic carbocycles. The minimum atomic E-state index is -0.00440. The van der Waals surface area contributed by atoms with Gasteiger partial charge in [0.05, 0.1) is 5.75 Å². The molecule has 0 atom stereocenters. The molecule has 0 bridgehead atoms. The van der Waals surface area contributed by atoms with Gasteiger partial charge in [-0.2, -0.15) is 0 Å². The van der Waals surface area contributed by atoms with E-state index in [1.165, 1.54) is 34.0 Å². The van der Waals surface area contributed by atoms with Crippen LogP contribution in [0.2, 0.25) is 0 Å². The first kappa shape index (κ1) is 23.8. The fraction of sp³-hybridized carbons (Fsp3) is 0.375. The standard InChI is InChI=1S/C24H29N3OS3/c1-5-18-8-7-9-19(6-2)22(18)25-21(28)15-30-24-27-26-23(31-24)29-14-17-10-12-20(13-11-17)16(3)4/h7-13,16H,5-6,14-15H2,1-4H3,(H,25,28). The van der Waals surface area contributed by atoms with Crippen LogP contribution < -0.4 is 5.32 Å². The zero-order chi connectivity index (χ0) is 22.2. The summed E-state index contributed by atoms with van der Waals surface area (Å²) in [4.78, 5) is 12.5. The third kappa shape index (κ3) is 6.82. The van der Waals surface area contributed by atoms with Gasteiger partial charge >= 0.3 is 0 Å². The van der Waals surface area contributed by atoms with Crippen LogP contribution in [-0.4, -0.2) is 21.9 Å². The summed E-state index contributed by atoms with van der Waals surface area (Å²) in [7, 11) is 0. The number of hydrogen-bond acceptors (Lipinski definition) is 6. The lowest BCUT2D eigenvalue weighted by atomic mass is 10.0. The molecule has 164 valence electrons. The maximum Gasteiger partial charge on any atom is 0.234 e. The highest BCUT2D eigenvalue weighted by Gasteiger charge is 2.12. The van der Waals surface area contributed by atoms with Crippen LogP contribution >= 0.6 is 34.9 Å². The Morgan fingerprint density at radius 1 is 0.968 bits per heavy atom. The molecule has 3 rings (SSSR count). The summed E-state index contributed by atoms with van der Waals surface area (Å²) in [5.74, 6) is 1.74. The topological polar surface area (TPSA) is 54.9 Å². The van der Waals surface area contributed by atoms with E-state index in [1.54, 1.807) is 23.1 Å². The molecule has 0 radical (unpaired) electrons. The number of anilines is 1. The van der Waals surface area contributed by atoms with Gasteiger partial charge in [0.1, 0.15) is 0 Å². The average Bonchev–Trinajstić information content (AvgIpc) is 3.24. The number of amides is 1. The van der Waals surface area contributed by atoms with Gasteiger partial charge in [0, 0.05) is 11.4 Å². The molecule has 1 aromatic heterocycles. The van der Waals surface area contributed by atoms with Gasteiger partial charge in [0.15, 0.2) is 8.68 Å². The van der Waals surface area contributed by atoms with Crippen LogP contribution in [0.4, 0.5) is 5.69 Å². The summed E-state index contributed by atoms with van der Waals surface area (Å²) in [5, 5.41) is 11.6. The summed E-state index contributed by atoms with van der Waals surface area (Å²) in [6.07, 6.45) is 1.79. The van der Waals surface area contributed by atoms with Gasteiger partial charge < -0.3 is 5.32 Å². The van der Waals surface area contributed by atoms with Crippen molar-refractivity contribution < 1.29 is 4.79 Å². The van der Waals surface area contributed by atoms with E-state index >= 15 is 0 Å². The number of carbonyl (C=O) groups excluding carboxylic acids is 1. The normalized spacial score (nSPS) is 11.1. The Balaban J connectivity index is 1.50. The molecule has 0 spiro atoms. The highest BCUT2D eigenvalue weighted by atomic mass is 32.2. The molecule has 1 amide bonds. The van der Waals surface area contributed by atoms with Crippen molar-refractivity contribution in [3.8, 4) is 0 Å². The summed E-state index contributed by atoms with van der Waals surface area (Å²) >= 11 is 4.68. The number of carbonyl (C=O) groups is 1. The second-order valence-corrected chi connectivity index (χ2v) is 10.9. The van der Waals surface area contributed by atoms with Gasteiger partial charge in [-0.1, -0.05) is 105 Å². The first-order valence-electron chi connectivity index (χ1n) is 10.6. The number of hydrogen-bond donors (Lipinski definition) is 1. The van der Waals surface area contributed by atoms with Gasteiger partial charge in [-0.25, -0.2) is 0 Å². The predicted molar refractivity (Wildman–Crippen MR) is 135 cm³/mol. The summed E-state index contributed by atoms with van der Waals surface area (Å²) < 4.78 is 1.76. The molecule has 0 aliphatic heterocycles. The average molecular weight is 472 g/mol. The molecular formula is C24H29N3OS3. The van der Waals surface area contributed by atoms with Crippen molar-refractivity contribution in [3.63, 3.8) is 0 Å². The van der Waals surface area contributed by atoms with Crippen LogP contribution in [0.3, 0.4) is 0 Å². The second kappa shape index (κ2) is 11.7. The summed E-state index contributed by atoms with van der Waals surface area (Å²) in [6, 6.07) is 15.0. The fourth-order valence-corrected chi connectivity index (χ4v) is 5.94.